The van der Waals surface area contributed by atoms with E-state index in [-0.39, 0.29) is 0 Å². The maximum Gasteiger partial charge on any atom is -0.00473 e. The fourth-order valence-electron chi connectivity index (χ4n) is 2.36. The minimum absolute atomic E-state index is 0.754. The van der Waals surface area contributed by atoms with E-state index in [1.807, 2.05) is 0 Å². The number of hydrogen-bond donors (Lipinski definition) is 0. The van der Waals surface area contributed by atoms with E-state index in [2.05, 4.69) is 31.2 Å². The van der Waals surface area contributed by atoms with Gasteiger partial charge in [0, 0.05) is 0 Å². The summed E-state index contributed by atoms with van der Waals surface area (Å²) in [5.41, 5.74) is 0. The van der Waals surface area contributed by atoms with Crippen molar-refractivity contribution in [1.82, 2.24) is 0 Å². The fraction of sp³-hybridized carbons (Fsp3) is 0.750. The van der Waals surface area contributed by atoms with Gasteiger partial charge in [-0.3, -0.25) is 0 Å². The molecule has 16 heavy (non-hydrogen) atoms. The average Bonchev–Trinajstić information content (AvgIpc) is 2.80. The first-order valence-electron chi connectivity index (χ1n) is 7.28. The van der Waals surface area contributed by atoms with Crippen LogP contribution in [0.3, 0.4) is 0 Å². The Labute approximate surface area is 102 Å². The quantitative estimate of drug-likeness (QED) is 0.417. The molecule has 0 atom stereocenters. The second-order valence-corrected chi connectivity index (χ2v) is 5.05. The summed E-state index contributed by atoms with van der Waals surface area (Å²) in [4.78, 5) is 0. The Morgan fingerprint density at radius 3 is 1.75 bits per heavy atom. The van der Waals surface area contributed by atoms with Gasteiger partial charge < -0.3 is 0 Å². The normalized spacial score (nSPS) is 15.1. The Morgan fingerprint density at radius 2 is 1.19 bits per heavy atom. The van der Waals surface area contributed by atoms with Gasteiger partial charge in [-0.15, -0.1) is 0 Å². The van der Waals surface area contributed by atoms with Gasteiger partial charge in [0.15, 0.2) is 0 Å². The van der Waals surface area contributed by atoms with E-state index in [0.717, 1.165) is 5.92 Å². The number of hydrogen-bond acceptors (Lipinski definition) is 0. The highest BCUT2D eigenvalue weighted by atomic mass is 14.1. The van der Waals surface area contributed by atoms with Crippen molar-refractivity contribution in [2.75, 3.05) is 0 Å². The molecule has 0 aliphatic heterocycles. The highest BCUT2D eigenvalue weighted by Crippen LogP contribution is 2.18. The predicted molar refractivity (Wildman–Crippen MR) is 73.6 cm³/mol. The van der Waals surface area contributed by atoms with E-state index >= 15 is 0 Å². The summed E-state index contributed by atoms with van der Waals surface area (Å²) in [6, 6.07) is 0. The van der Waals surface area contributed by atoms with Gasteiger partial charge in [-0.05, 0) is 12.3 Å². The second kappa shape index (κ2) is 9.69. The minimum atomic E-state index is 0.754. The van der Waals surface area contributed by atoms with Crippen LogP contribution in [0.25, 0.3) is 0 Å². The van der Waals surface area contributed by atoms with Crippen LogP contribution in [0.1, 0.15) is 71.1 Å². The Bertz CT molecular complexity index is 188. The third kappa shape index (κ3) is 6.87. The first kappa shape index (κ1) is 13.5. The zero-order chi connectivity index (χ0) is 11.5. The fourth-order valence-corrected chi connectivity index (χ4v) is 2.36. The molecule has 1 rings (SSSR count). The highest BCUT2D eigenvalue weighted by Gasteiger charge is 2.02. The first-order valence-corrected chi connectivity index (χ1v) is 7.28. The molecule has 0 nitrogen and oxygen atoms in total. The Morgan fingerprint density at radius 1 is 0.688 bits per heavy atom. The predicted octanol–water partition coefficient (Wildman–Crippen LogP) is 5.65. The van der Waals surface area contributed by atoms with E-state index in [1.54, 1.807) is 0 Å². The van der Waals surface area contributed by atoms with E-state index in [9.17, 15) is 0 Å². The van der Waals surface area contributed by atoms with Gasteiger partial charge in [0.25, 0.3) is 0 Å². The largest absolute Gasteiger partial charge is 0.0776 e. The van der Waals surface area contributed by atoms with Crippen LogP contribution in [0.4, 0.5) is 0 Å². The van der Waals surface area contributed by atoms with Crippen molar-refractivity contribution in [3.05, 3.63) is 24.3 Å². The molecule has 0 saturated heterocycles. The van der Waals surface area contributed by atoms with E-state index in [0.29, 0.717) is 0 Å². The van der Waals surface area contributed by atoms with Crippen LogP contribution in [0, 0.1) is 5.92 Å². The van der Waals surface area contributed by atoms with Gasteiger partial charge in [-0.25, -0.2) is 0 Å². The number of rotatable bonds is 10. The van der Waals surface area contributed by atoms with Gasteiger partial charge >= 0.3 is 0 Å². The SMILES string of the molecule is CCCCCCCCCCCC1C=CC=C1. The number of unbranched alkanes of at least 4 members (excludes halogenated alkanes) is 8. The van der Waals surface area contributed by atoms with Crippen molar-refractivity contribution in [2.45, 2.75) is 71.1 Å². The van der Waals surface area contributed by atoms with Crippen molar-refractivity contribution >= 4 is 0 Å². The summed E-state index contributed by atoms with van der Waals surface area (Å²) < 4.78 is 0. The Kier molecular flexibility index (Phi) is 8.20. The third-order valence-electron chi connectivity index (χ3n) is 3.47. The zero-order valence-electron chi connectivity index (χ0n) is 11.0. The van der Waals surface area contributed by atoms with E-state index in [1.165, 1.54) is 64.2 Å². The first-order chi connectivity index (χ1) is 7.93. The van der Waals surface area contributed by atoms with Crippen molar-refractivity contribution in [3.8, 4) is 0 Å². The maximum absolute atomic E-state index is 2.32. The molecule has 0 fully saturated rings. The third-order valence-corrected chi connectivity index (χ3v) is 3.47. The summed E-state index contributed by atoms with van der Waals surface area (Å²) in [7, 11) is 0. The van der Waals surface area contributed by atoms with Crippen molar-refractivity contribution in [1.29, 1.82) is 0 Å². The van der Waals surface area contributed by atoms with Gasteiger partial charge in [0.05, 0.1) is 0 Å². The molecule has 0 N–H and O–H groups in total. The van der Waals surface area contributed by atoms with Crippen LogP contribution in [0.2, 0.25) is 0 Å². The molecule has 0 aromatic carbocycles. The van der Waals surface area contributed by atoms with E-state index < -0.39 is 0 Å². The lowest BCUT2D eigenvalue weighted by atomic mass is 10.0. The molecule has 1 aliphatic carbocycles. The smallest absolute Gasteiger partial charge is 0.00473 e. The molecule has 0 aromatic rings. The van der Waals surface area contributed by atoms with Crippen LogP contribution in [0.5, 0.6) is 0 Å². The maximum atomic E-state index is 2.32. The molecule has 0 heteroatoms. The lowest BCUT2D eigenvalue weighted by molar-refractivity contribution is 0.543. The summed E-state index contributed by atoms with van der Waals surface area (Å²) in [5.74, 6) is 0.754. The van der Waals surface area contributed by atoms with Gasteiger partial charge in [0.1, 0.15) is 0 Å². The Balaban J connectivity index is 1.74. The van der Waals surface area contributed by atoms with Crippen molar-refractivity contribution in [3.63, 3.8) is 0 Å². The lowest BCUT2D eigenvalue weighted by Crippen LogP contribution is -1.89. The summed E-state index contributed by atoms with van der Waals surface area (Å²) >= 11 is 0. The molecule has 0 heterocycles. The molecule has 0 amide bonds. The van der Waals surface area contributed by atoms with Crippen LogP contribution in [-0.2, 0) is 0 Å². The second-order valence-electron chi connectivity index (χ2n) is 5.05. The van der Waals surface area contributed by atoms with Crippen molar-refractivity contribution in [2.24, 2.45) is 5.92 Å². The van der Waals surface area contributed by atoms with Gasteiger partial charge in [0.2, 0.25) is 0 Å². The molecule has 92 valence electrons. The van der Waals surface area contributed by atoms with Crippen LogP contribution >= 0.6 is 0 Å². The van der Waals surface area contributed by atoms with Gasteiger partial charge in [-0.2, -0.15) is 0 Å². The summed E-state index contributed by atoms with van der Waals surface area (Å²) in [6.45, 7) is 2.28. The Hall–Kier alpha value is -0.520. The monoisotopic (exact) mass is 220 g/mol. The van der Waals surface area contributed by atoms with Crippen LogP contribution in [-0.4, -0.2) is 0 Å². The summed E-state index contributed by atoms with van der Waals surface area (Å²) in [5, 5.41) is 0. The van der Waals surface area contributed by atoms with Crippen LogP contribution < -0.4 is 0 Å². The molecule has 0 unspecified atom stereocenters. The molecular weight excluding hydrogens is 192 g/mol. The zero-order valence-corrected chi connectivity index (χ0v) is 11.0. The number of allylic oxidation sites excluding steroid dienone is 4. The topological polar surface area (TPSA) is 0 Å². The minimum Gasteiger partial charge on any atom is -0.0776 e. The van der Waals surface area contributed by atoms with E-state index in [4.69, 9.17) is 0 Å². The standard InChI is InChI=1S/C16H28/c1-2-3-4-5-6-7-8-9-10-13-16-14-11-12-15-16/h11-12,14-16H,2-10,13H2,1H3. The molecule has 1 aliphatic rings. The molecule has 0 bridgehead atoms. The van der Waals surface area contributed by atoms with Crippen LogP contribution in [0.15, 0.2) is 24.3 Å². The molecular formula is C16H28. The van der Waals surface area contributed by atoms with Crippen molar-refractivity contribution < 1.29 is 0 Å². The molecule has 0 radical (unpaired) electrons. The van der Waals surface area contributed by atoms with Gasteiger partial charge in [-0.1, -0.05) is 89.0 Å². The summed E-state index contributed by atoms with van der Waals surface area (Å²) in [6.07, 6.45) is 23.3. The molecule has 0 spiro atoms. The highest BCUT2D eigenvalue weighted by molar-refractivity contribution is 5.17. The molecule has 0 aromatic heterocycles. The average molecular weight is 220 g/mol. The lowest BCUT2D eigenvalue weighted by Gasteiger charge is -2.05. The molecule has 0 saturated carbocycles.